The number of nitrogens with zero attached hydrogens (tertiary/aromatic N) is 2. The van der Waals surface area contributed by atoms with Crippen LogP contribution in [0.5, 0.6) is 0 Å². The highest BCUT2D eigenvalue weighted by molar-refractivity contribution is 9.10. The van der Waals surface area contributed by atoms with Crippen LogP contribution in [0.15, 0.2) is 35.1 Å². The quantitative estimate of drug-likeness (QED) is 0.865. The second-order valence-corrected chi connectivity index (χ2v) is 5.56. The minimum absolute atomic E-state index is 0.236. The van der Waals surface area contributed by atoms with Crippen molar-refractivity contribution in [3.8, 4) is 0 Å². The molecule has 2 rings (SSSR count). The summed E-state index contributed by atoms with van der Waals surface area (Å²) in [5, 5.41) is 5.95. The Labute approximate surface area is 132 Å². The van der Waals surface area contributed by atoms with E-state index < -0.39 is 0 Å². The third-order valence-electron chi connectivity index (χ3n) is 2.80. The molecule has 2 heterocycles. The predicted molar refractivity (Wildman–Crippen MR) is 87.6 cm³/mol. The molecule has 0 aliphatic carbocycles. The Morgan fingerprint density at radius 1 is 1.33 bits per heavy atom. The van der Waals surface area contributed by atoms with Crippen molar-refractivity contribution in [2.75, 3.05) is 17.2 Å². The van der Waals surface area contributed by atoms with Crippen LogP contribution in [0.25, 0.3) is 0 Å². The van der Waals surface area contributed by atoms with E-state index in [1.54, 1.807) is 18.5 Å². The van der Waals surface area contributed by atoms with Crippen LogP contribution in [-0.2, 0) is 0 Å². The highest BCUT2D eigenvalue weighted by Crippen LogP contribution is 2.19. The molecule has 0 radical (unpaired) electrons. The van der Waals surface area contributed by atoms with E-state index in [2.05, 4.69) is 43.5 Å². The Kier molecular flexibility index (Phi) is 5.27. The molecule has 0 aromatic carbocycles. The lowest BCUT2D eigenvalue weighted by molar-refractivity contribution is 0.102. The zero-order valence-corrected chi connectivity index (χ0v) is 13.6. The fourth-order valence-electron chi connectivity index (χ4n) is 1.78. The SMILES string of the molecule is CCCNc1ncc(Br)cc1C(=O)Nc1cc(C)ccn1. The average molecular weight is 349 g/mol. The van der Waals surface area contributed by atoms with Crippen molar-refractivity contribution in [1.82, 2.24) is 9.97 Å². The lowest BCUT2D eigenvalue weighted by Gasteiger charge is -2.11. The van der Waals surface area contributed by atoms with Crippen LogP contribution in [-0.4, -0.2) is 22.4 Å². The number of anilines is 2. The highest BCUT2D eigenvalue weighted by Gasteiger charge is 2.14. The molecular formula is C15H17BrN4O. The third-order valence-corrected chi connectivity index (χ3v) is 3.23. The molecular weight excluding hydrogens is 332 g/mol. The zero-order chi connectivity index (χ0) is 15.2. The topological polar surface area (TPSA) is 66.9 Å². The standard InChI is InChI=1S/C15H17BrN4O/c1-3-5-18-14-12(8-11(16)9-19-14)15(21)20-13-7-10(2)4-6-17-13/h4,6-9H,3,5H2,1-2H3,(H,18,19)(H,17,20,21). The van der Waals surface area contributed by atoms with Gasteiger partial charge in [0.1, 0.15) is 11.6 Å². The minimum atomic E-state index is -0.236. The molecule has 0 aliphatic rings. The number of halogens is 1. The van der Waals surface area contributed by atoms with Gasteiger partial charge in [-0.15, -0.1) is 0 Å². The first kappa shape index (κ1) is 15.4. The van der Waals surface area contributed by atoms with Crippen molar-refractivity contribution in [1.29, 1.82) is 0 Å². The van der Waals surface area contributed by atoms with Crippen LogP contribution in [0.2, 0.25) is 0 Å². The van der Waals surface area contributed by atoms with Crippen molar-refractivity contribution in [2.45, 2.75) is 20.3 Å². The van der Waals surface area contributed by atoms with Crippen molar-refractivity contribution in [3.05, 3.63) is 46.2 Å². The number of nitrogens with one attached hydrogen (secondary N) is 2. The number of carbonyl (C=O) groups excluding carboxylic acids is 1. The van der Waals surface area contributed by atoms with E-state index in [9.17, 15) is 4.79 Å². The summed E-state index contributed by atoms with van der Waals surface area (Å²) in [6.45, 7) is 4.77. The van der Waals surface area contributed by atoms with Gasteiger partial charge in [0.25, 0.3) is 5.91 Å². The van der Waals surface area contributed by atoms with Gasteiger partial charge in [-0.05, 0) is 53.0 Å². The van der Waals surface area contributed by atoms with E-state index in [0.717, 1.165) is 23.0 Å². The predicted octanol–water partition coefficient (Wildman–Crippen LogP) is 3.62. The number of rotatable bonds is 5. The van der Waals surface area contributed by atoms with Gasteiger partial charge in [0, 0.05) is 23.4 Å². The first-order valence-electron chi connectivity index (χ1n) is 6.73. The summed E-state index contributed by atoms with van der Waals surface area (Å²) in [7, 11) is 0. The number of hydrogen-bond donors (Lipinski definition) is 2. The Morgan fingerprint density at radius 3 is 2.86 bits per heavy atom. The molecule has 2 aromatic rings. The average Bonchev–Trinajstić information content (AvgIpc) is 2.46. The van der Waals surface area contributed by atoms with Gasteiger partial charge in [0.05, 0.1) is 5.56 Å². The molecule has 0 saturated carbocycles. The maximum absolute atomic E-state index is 12.4. The van der Waals surface area contributed by atoms with Gasteiger partial charge in [-0.2, -0.15) is 0 Å². The zero-order valence-electron chi connectivity index (χ0n) is 12.0. The Bertz CT molecular complexity index is 645. The second kappa shape index (κ2) is 7.17. The molecule has 5 nitrogen and oxygen atoms in total. The van der Waals surface area contributed by atoms with Crippen LogP contribution < -0.4 is 10.6 Å². The molecule has 21 heavy (non-hydrogen) atoms. The first-order valence-corrected chi connectivity index (χ1v) is 7.53. The maximum Gasteiger partial charge on any atom is 0.260 e. The van der Waals surface area contributed by atoms with Crippen molar-refractivity contribution in [3.63, 3.8) is 0 Å². The molecule has 0 fully saturated rings. The van der Waals surface area contributed by atoms with E-state index in [-0.39, 0.29) is 5.91 Å². The fraction of sp³-hybridized carbons (Fsp3) is 0.267. The normalized spacial score (nSPS) is 10.2. The van der Waals surface area contributed by atoms with Crippen molar-refractivity contribution < 1.29 is 4.79 Å². The Balaban J connectivity index is 2.23. The molecule has 0 atom stereocenters. The minimum Gasteiger partial charge on any atom is -0.369 e. The first-order chi connectivity index (χ1) is 10.1. The number of pyridine rings is 2. The van der Waals surface area contributed by atoms with Gasteiger partial charge in [0.15, 0.2) is 0 Å². The Morgan fingerprint density at radius 2 is 2.14 bits per heavy atom. The number of aryl methyl sites for hydroxylation is 1. The van der Waals surface area contributed by atoms with Gasteiger partial charge in [-0.25, -0.2) is 9.97 Å². The highest BCUT2D eigenvalue weighted by atomic mass is 79.9. The van der Waals surface area contributed by atoms with Crippen molar-refractivity contribution >= 4 is 33.5 Å². The summed E-state index contributed by atoms with van der Waals surface area (Å²) < 4.78 is 0.756. The summed E-state index contributed by atoms with van der Waals surface area (Å²) in [6, 6.07) is 5.45. The summed E-state index contributed by atoms with van der Waals surface area (Å²) in [5.74, 6) is 0.868. The Hall–Kier alpha value is -1.95. The monoisotopic (exact) mass is 348 g/mol. The van der Waals surface area contributed by atoms with Gasteiger partial charge >= 0.3 is 0 Å². The molecule has 0 spiro atoms. The molecule has 0 bridgehead atoms. The molecule has 0 saturated heterocycles. The van der Waals surface area contributed by atoms with Gasteiger partial charge in [0.2, 0.25) is 0 Å². The van der Waals surface area contributed by atoms with Gasteiger partial charge < -0.3 is 10.6 Å². The summed E-state index contributed by atoms with van der Waals surface area (Å²) in [6.07, 6.45) is 4.29. The third kappa shape index (κ3) is 4.26. The lowest BCUT2D eigenvalue weighted by Crippen LogP contribution is -2.17. The molecule has 6 heteroatoms. The van der Waals surface area contributed by atoms with Crippen LogP contribution >= 0.6 is 15.9 Å². The molecule has 2 N–H and O–H groups in total. The smallest absolute Gasteiger partial charge is 0.260 e. The molecule has 0 aliphatic heterocycles. The van der Waals surface area contributed by atoms with Crippen LogP contribution in [0.1, 0.15) is 29.3 Å². The van der Waals surface area contributed by atoms with E-state index >= 15 is 0 Å². The van der Waals surface area contributed by atoms with Gasteiger partial charge in [-0.3, -0.25) is 4.79 Å². The van der Waals surface area contributed by atoms with Crippen molar-refractivity contribution in [2.24, 2.45) is 0 Å². The molecule has 0 unspecified atom stereocenters. The lowest BCUT2D eigenvalue weighted by atomic mass is 10.2. The van der Waals surface area contributed by atoms with E-state index in [4.69, 9.17) is 0 Å². The van der Waals surface area contributed by atoms with E-state index in [0.29, 0.717) is 17.2 Å². The number of amides is 1. The summed E-state index contributed by atoms with van der Waals surface area (Å²) in [5.41, 5.74) is 1.53. The second-order valence-electron chi connectivity index (χ2n) is 4.65. The van der Waals surface area contributed by atoms with Gasteiger partial charge in [-0.1, -0.05) is 6.92 Å². The van der Waals surface area contributed by atoms with Crippen LogP contribution in [0.4, 0.5) is 11.6 Å². The summed E-state index contributed by atoms with van der Waals surface area (Å²) in [4.78, 5) is 20.8. The largest absolute Gasteiger partial charge is 0.369 e. The number of aromatic nitrogens is 2. The molecule has 1 amide bonds. The van der Waals surface area contributed by atoms with E-state index in [1.165, 1.54) is 0 Å². The van der Waals surface area contributed by atoms with Crippen LogP contribution in [0, 0.1) is 6.92 Å². The maximum atomic E-state index is 12.4. The van der Waals surface area contributed by atoms with Crippen LogP contribution in [0.3, 0.4) is 0 Å². The fourth-order valence-corrected chi connectivity index (χ4v) is 2.12. The van der Waals surface area contributed by atoms with E-state index in [1.807, 2.05) is 19.1 Å². The summed E-state index contributed by atoms with van der Waals surface area (Å²) >= 11 is 3.34. The number of hydrogen-bond acceptors (Lipinski definition) is 4. The molecule has 2 aromatic heterocycles. The number of carbonyl (C=O) groups is 1. The molecule has 110 valence electrons.